The Labute approximate surface area is 242 Å². The van der Waals surface area contributed by atoms with Crippen LogP contribution in [0.15, 0.2) is 18.2 Å². The molecule has 2 rings (SSSR count). The van der Waals surface area contributed by atoms with E-state index in [4.69, 9.17) is 32.5 Å². The first-order valence-corrected chi connectivity index (χ1v) is 19.9. The summed E-state index contributed by atoms with van der Waals surface area (Å²) in [5.74, 6) is 1.41. The van der Waals surface area contributed by atoms with Crippen molar-refractivity contribution in [1.29, 1.82) is 0 Å². The zero-order valence-electron chi connectivity index (χ0n) is 26.5. The van der Waals surface area contributed by atoms with Gasteiger partial charge in [-0.3, -0.25) is 0 Å². The largest absolute Gasteiger partial charge is 0.541 e. The van der Waals surface area contributed by atoms with Crippen molar-refractivity contribution in [2.75, 3.05) is 19.8 Å². The van der Waals surface area contributed by atoms with Gasteiger partial charge >= 0.3 is 12.3 Å². The highest BCUT2D eigenvalue weighted by molar-refractivity contribution is 6.75. The van der Waals surface area contributed by atoms with Crippen LogP contribution in [0.4, 0.5) is 9.59 Å². The molecule has 1 aromatic rings. The summed E-state index contributed by atoms with van der Waals surface area (Å²) in [6.07, 6.45) is -3.03. The van der Waals surface area contributed by atoms with Crippen molar-refractivity contribution < 1.29 is 42.1 Å². The van der Waals surface area contributed by atoms with Crippen molar-refractivity contribution >= 4 is 28.9 Å². The third-order valence-corrected chi connectivity index (χ3v) is 16.7. The minimum Gasteiger partial charge on any atom is -0.541 e. The molecule has 0 aromatic heterocycles. The molecule has 0 radical (unpaired) electrons. The van der Waals surface area contributed by atoms with Gasteiger partial charge in [0.05, 0.1) is 19.3 Å². The lowest BCUT2D eigenvalue weighted by molar-refractivity contribution is -0.0536. The molecule has 1 heterocycles. The molecule has 1 saturated heterocycles. The van der Waals surface area contributed by atoms with Crippen LogP contribution < -0.4 is 8.85 Å². The molecule has 11 heteroatoms. The lowest BCUT2D eigenvalue weighted by atomic mass is 10.0. The van der Waals surface area contributed by atoms with Gasteiger partial charge in [0.1, 0.15) is 30.3 Å². The van der Waals surface area contributed by atoms with Gasteiger partial charge in [0.2, 0.25) is 0 Å². The van der Waals surface area contributed by atoms with E-state index in [-0.39, 0.29) is 29.9 Å². The monoisotopic (exact) mass is 598 g/mol. The first-order chi connectivity index (χ1) is 18.3. The molecule has 3 atom stereocenters. The Morgan fingerprint density at radius 2 is 1.35 bits per heavy atom. The summed E-state index contributed by atoms with van der Waals surface area (Å²) in [5, 5.41) is -0.00645. The lowest BCUT2D eigenvalue weighted by Crippen LogP contribution is -2.45. The fourth-order valence-corrected chi connectivity index (χ4v) is 5.57. The third-order valence-electron chi connectivity index (χ3n) is 8.02. The van der Waals surface area contributed by atoms with E-state index in [0.717, 1.165) is 11.3 Å². The third kappa shape index (κ3) is 8.88. The second-order valence-corrected chi connectivity index (χ2v) is 22.6. The Morgan fingerprint density at radius 1 is 0.825 bits per heavy atom. The quantitative estimate of drug-likeness (QED) is 0.196. The normalized spacial score (nSPS) is 20.1. The van der Waals surface area contributed by atoms with Crippen LogP contribution in [0.5, 0.6) is 11.5 Å². The standard InChI is InChI=1S/C29H50O9Si2/c1-13-32-26(30)34-19-25-23(36-27(31)33-14-2)18-22(35-25)20-15-16-21(37-39(9,10)28(3,4)5)24(17-20)38-40(11,12)29(6,7)8/h15-17,22-23,25H,13-14,18-19H2,1-12H3/t22-,23+,25-/m1/s1. The molecule has 1 fully saturated rings. The molecular formula is C29H50O9Si2. The van der Waals surface area contributed by atoms with Gasteiger partial charge in [-0.2, -0.15) is 0 Å². The predicted octanol–water partition coefficient (Wildman–Crippen LogP) is 8.00. The van der Waals surface area contributed by atoms with Gasteiger partial charge in [-0.15, -0.1) is 0 Å². The molecule has 0 saturated carbocycles. The highest BCUT2D eigenvalue weighted by atomic mass is 28.4. The summed E-state index contributed by atoms with van der Waals surface area (Å²) in [6, 6.07) is 5.89. The van der Waals surface area contributed by atoms with Crippen LogP contribution in [-0.4, -0.2) is 61.0 Å². The summed E-state index contributed by atoms with van der Waals surface area (Å²) < 4.78 is 40.4. The summed E-state index contributed by atoms with van der Waals surface area (Å²) >= 11 is 0. The van der Waals surface area contributed by atoms with Crippen molar-refractivity contribution in [2.24, 2.45) is 0 Å². The molecule has 0 unspecified atom stereocenters. The van der Waals surface area contributed by atoms with E-state index < -0.39 is 47.3 Å². The van der Waals surface area contributed by atoms with Crippen LogP contribution in [0.3, 0.4) is 0 Å². The Balaban J connectivity index is 2.42. The zero-order chi connectivity index (χ0) is 30.5. The Kier molecular flexibility index (Phi) is 11.2. The van der Waals surface area contributed by atoms with Crippen molar-refractivity contribution in [1.82, 2.24) is 0 Å². The van der Waals surface area contributed by atoms with E-state index in [1.54, 1.807) is 13.8 Å². The Morgan fingerprint density at radius 3 is 1.88 bits per heavy atom. The van der Waals surface area contributed by atoms with Gasteiger partial charge in [-0.25, -0.2) is 9.59 Å². The molecular weight excluding hydrogens is 548 g/mol. The van der Waals surface area contributed by atoms with Crippen molar-refractivity contribution in [3.05, 3.63) is 23.8 Å². The second-order valence-electron chi connectivity index (χ2n) is 13.2. The van der Waals surface area contributed by atoms with Crippen LogP contribution >= 0.6 is 0 Å². The molecule has 0 bridgehead atoms. The number of carbonyl (C=O) groups excluding carboxylic acids is 2. The molecule has 0 amide bonds. The fourth-order valence-electron chi connectivity index (χ4n) is 3.53. The van der Waals surface area contributed by atoms with E-state index in [1.165, 1.54) is 0 Å². The summed E-state index contributed by atoms with van der Waals surface area (Å²) in [6.45, 7) is 25.7. The number of carbonyl (C=O) groups is 2. The topological polar surface area (TPSA) is 98.8 Å². The zero-order valence-corrected chi connectivity index (χ0v) is 28.5. The maximum absolute atomic E-state index is 12.1. The van der Waals surface area contributed by atoms with Gasteiger partial charge in [-0.1, -0.05) is 47.6 Å². The van der Waals surface area contributed by atoms with Crippen LogP contribution in [0.1, 0.15) is 73.5 Å². The number of rotatable bonds is 10. The Bertz CT molecular complexity index is 1010. The summed E-state index contributed by atoms with van der Waals surface area (Å²) in [5.41, 5.74) is 0.854. The number of hydrogen-bond acceptors (Lipinski definition) is 9. The average Bonchev–Trinajstić information content (AvgIpc) is 3.19. The van der Waals surface area contributed by atoms with Gasteiger partial charge < -0.3 is 32.5 Å². The van der Waals surface area contributed by atoms with Crippen LogP contribution in [0.25, 0.3) is 0 Å². The highest BCUT2D eigenvalue weighted by Crippen LogP contribution is 2.45. The fraction of sp³-hybridized carbons (Fsp3) is 0.724. The Hall–Kier alpha value is -2.25. The van der Waals surface area contributed by atoms with E-state index >= 15 is 0 Å². The minimum atomic E-state index is -2.21. The van der Waals surface area contributed by atoms with Crippen molar-refractivity contribution in [3.8, 4) is 11.5 Å². The minimum absolute atomic E-state index is 0.0122. The maximum Gasteiger partial charge on any atom is 0.508 e. The van der Waals surface area contributed by atoms with E-state index in [9.17, 15) is 9.59 Å². The molecule has 0 aliphatic carbocycles. The van der Waals surface area contributed by atoms with Crippen LogP contribution in [0.2, 0.25) is 36.3 Å². The highest BCUT2D eigenvalue weighted by Gasteiger charge is 2.44. The molecule has 0 N–H and O–H groups in total. The van der Waals surface area contributed by atoms with Gasteiger partial charge in [0.25, 0.3) is 16.6 Å². The van der Waals surface area contributed by atoms with Gasteiger partial charge in [-0.05, 0) is 67.8 Å². The molecule has 228 valence electrons. The number of hydrogen-bond donors (Lipinski definition) is 0. The average molecular weight is 599 g/mol. The number of ether oxygens (including phenoxy) is 5. The smallest absolute Gasteiger partial charge is 0.508 e. The molecule has 1 aromatic carbocycles. The molecule has 1 aliphatic rings. The lowest BCUT2D eigenvalue weighted by Gasteiger charge is -2.40. The predicted molar refractivity (Wildman–Crippen MR) is 159 cm³/mol. The van der Waals surface area contributed by atoms with Crippen LogP contribution in [-0.2, 0) is 23.7 Å². The summed E-state index contributed by atoms with van der Waals surface area (Å²) in [7, 11) is -4.37. The molecule has 1 aliphatic heterocycles. The second kappa shape index (κ2) is 13.2. The number of benzene rings is 1. The van der Waals surface area contributed by atoms with Gasteiger partial charge in [0.15, 0.2) is 0 Å². The molecule has 40 heavy (non-hydrogen) atoms. The maximum atomic E-state index is 12.1. The molecule has 9 nitrogen and oxygen atoms in total. The first-order valence-electron chi connectivity index (χ1n) is 14.1. The van der Waals surface area contributed by atoms with Gasteiger partial charge in [0, 0.05) is 6.42 Å². The molecule has 0 spiro atoms. The van der Waals surface area contributed by atoms with E-state index in [1.807, 2.05) is 18.2 Å². The van der Waals surface area contributed by atoms with Crippen LogP contribution in [0, 0.1) is 0 Å². The van der Waals surface area contributed by atoms with E-state index in [0.29, 0.717) is 12.2 Å². The van der Waals surface area contributed by atoms with Crippen molar-refractivity contribution in [2.45, 2.75) is 116 Å². The van der Waals surface area contributed by atoms with Crippen molar-refractivity contribution in [3.63, 3.8) is 0 Å². The SMILES string of the molecule is CCOC(=O)OC[C@H]1O[C@@H](c2ccc(O[Si](C)(C)C(C)(C)C)c(O[Si](C)(C)C(C)(C)C)c2)C[C@@H]1OC(=O)OCC. The van der Waals surface area contributed by atoms with E-state index in [2.05, 4.69) is 67.7 Å². The summed E-state index contributed by atoms with van der Waals surface area (Å²) in [4.78, 5) is 23.9. The first kappa shape index (κ1) is 34.0.